The van der Waals surface area contributed by atoms with Crippen LogP contribution < -0.4 is 4.74 Å². The molecular formula is C23H28O8. The highest BCUT2D eigenvalue weighted by Crippen LogP contribution is 2.28. The van der Waals surface area contributed by atoms with Gasteiger partial charge in [0.2, 0.25) is 6.29 Å². The smallest absolute Gasteiger partial charge is 0.302 e. The van der Waals surface area contributed by atoms with Crippen molar-refractivity contribution in [1.82, 2.24) is 0 Å². The number of aliphatic hydroxyl groups is 4. The molecule has 1 saturated heterocycles. The van der Waals surface area contributed by atoms with Gasteiger partial charge in [0.1, 0.15) is 36.8 Å². The predicted molar refractivity (Wildman–Crippen MR) is 110 cm³/mol. The first-order valence-electron chi connectivity index (χ1n) is 10.1. The monoisotopic (exact) mass is 432 g/mol. The van der Waals surface area contributed by atoms with Gasteiger partial charge in [-0.05, 0) is 29.2 Å². The Kier molecular flexibility index (Phi) is 8.00. The van der Waals surface area contributed by atoms with Crippen molar-refractivity contribution in [3.63, 3.8) is 0 Å². The number of hydrogen-bond acceptors (Lipinski definition) is 8. The van der Waals surface area contributed by atoms with Crippen LogP contribution in [-0.2, 0) is 27.1 Å². The van der Waals surface area contributed by atoms with Crippen molar-refractivity contribution in [3.8, 4) is 5.75 Å². The van der Waals surface area contributed by atoms with Gasteiger partial charge in [-0.1, -0.05) is 42.5 Å². The van der Waals surface area contributed by atoms with E-state index in [-0.39, 0.29) is 13.2 Å². The molecule has 1 heterocycles. The van der Waals surface area contributed by atoms with Gasteiger partial charge in [-0.3, -0.25) is 4.79 Å². The summed E-state index contributed by atoms with van der Waals surface area (Å²) in [4.78, 5) is 11.1. The summed E-state index contributed by atoms with van der Waals surface area (Å²) >= 11 is 0. The van der Waals surface area contributed by atoms with Crippen LogP contribution in [-0.4, -0.2) is 70.3 Å². The minimum absolute atomic E-state index is 0.0960. The van der Waals surface area contributed by atoms with Crippen LogP contribution in [0.15, 0.2) is 48.5 Å². The van der Waals surface area contributed by atoms with Crippen LogP contribution in [0.1, 0.15) is 23.6 Å². The Labute approximate surface area is 180 Å². The highest BCUT2D eigenvalue weighted by Gasteiger charge is 2.45. The number of para-hydroxylation sites is 1. The molecule has 168 valence electrons. The number of benzene rings is 2. The highest BCUT2D eigenvalue weighted by molar-refractivity contribution is 5.65. The van der Waals surface area contributed by atoms with Gasteiger partial charge in [-0.15, -0.1) is 0 Å². The number of ether oxygens (including phenoxy) is 3. The fraction of sp³-hybridized carbons (Fsp3) is 0.435. The minimum atomic E-state index is -1.52. The molecule has 5 atom stereocenters. The molecule has 8 heteroatoms. The SMILES string of the molecule is CC(=O)OC[C@H]1O[C@H](Oc2ccccc2Cc2ccc(CCO)cc2)[C@H](O)[C@@H](O)[C@@H]1O. The summed E-state index contributed by atoms with van der Waals surface area (Å²) in [5.41, 5.74) is 2.91. The van der Waals surface area contributed by atoms with Crippen molar-refractivity contribution >= 4 is 5.97 Å². The van der Waals surface area contributed by atoms with Gasteiger partial charge in [0.05, 0.1) is 0 Å². The Morgan fingerprint density at radius 2 is 1.65 bits per heavy atom. The quantitative estimate of drug-likeness (QED) is 0.446. The van der Waals surface area contributed by atoms with E-state index in [0.717, 1.165) is 16.7 Å². The average Bonchev–Trinajstić information content (AvgIpc) is 2.76. The molecule has 3 rings (SSSR count). The maximum atomic E-state index is 11.1. The van der Waals surface area contributed by atoms with E-state index in [2.05, 4.69) is 0 Å². The minimum Gasteiger partial charge on any atom is -0.463 e. The molecule has 0 bridgehead atoms. The number of carbonyl (C=O) groups is 1. The molecule has 0 spiro atoms. The van der Waals surface area contributed by atoms with Gasteiger partial charge >= 0.3 is 5.97 Å². The fourth-order valence-corrected chi connectivity index (χ4v) is 3.41. The fourth-order valence-electron chi connectivity index (χ4n) is 3.41. The summed E-state index contributed by atoms with van der Waals surface area (Å²) in [5, 5.41) is 39.7. The van der Waals surface area contributed by atoms with Crippen LogP contribution in [0.25, 0.3) is 0 Å². The third-order valence-corrected chi connectivity index (χ3v) is 5.15. The Bertz CT molecular complexity index is 853. The van der Waals surface area contributed by atoms with E-state index in [4.69, 9.17) is 19.3 Å². The zero-order valence-corrected chi connectivity index (χ0v) is 17.3. The van der Waals surface area contributed by atoms with E-state index in [1.165, 1.54) is 6.92 Å². The molecule has 0 saturated carbocycles. The first-order chi connectivity index (χ1) is 14.9. The Hall–Kier alpha value is -2.49. The summed E-state index contributed by atoms with van der Waals surface area (Å²) in [6, 6.07) is 15.1. The second kappa shape index (κ2) is 10.7. The molecule has 1 fully saturated rings. The molecule has 0 aliphatic carbocycles. The van der Waals surface area contributed by atoms with Crippen molar-refractivity contribution in [1.29, 1.82) is 0 Å². The number of aliphatic hydroxyl groups excluding tert-OH is 4. The van der Waals surface area contributed by atoms with Gasteiger partial charge in [0.25, 0.3) is 0 Å². The molecule has 31 heavy (non-hydrogen) atoms. The number of hydrogen-bond donors (Lipinski definition) is 4. The van der Waals surface area contributed by atoms with Gasteiger partial charge in [-0.25, -0.2) is 0 Å². The van der Waals surface area contributed by atoms with Crippen LogP contribution in [0.3, 0.4) is 0 Å². The van der Waals surface area contributed by atoms with E-state index in [9.17, 15) is 20.1 Å². The van der Waals surface area contributed by atoms with Crippen molar-refractivity contribution in [2.45, 2.75) is 50.5 Å². The molecule has 0 radical (unpaired) electrons. The lowest BCUT2D eigenvalue weighted by molar-refractivity contribution is -0.278. The summed E-state index contributed by atoms with van der Waals surface area (Å²) < 4.78 is 16.3. The third-order valence-electron chi connectivity index (χ3n) is 5.15. The molecule has 2 aromatic rings. The maximum Gasteiger partial charge on any atom is 0.302 e. The van der Waals surface area contributed by atoms with E-state index >= 15 is 0 Å². The largest absolute Gasteiger partial charge is 0.463 e. The van der Waals surface area contributed by atoms with Crippen LogP contribution in [0, 0.1) is 0 Å². The van der Waals surface area contributed by atoms with E-state index in [1.54, 1.807) is 12.1 Å². The van der Waals surface area contributed by atoms with Gasteiger partial charge in [0, 0.05) is 20.0 Å². The lowest BCUT2D eigenvalue weighted by Gasteiger charge is -2.40. The second-order valence-corrected chi connectivity index (χ2v) is 7.51. The predicted octanol–water partition coefficient (Wildman–Crippen LogP) is 0.562. The van der Waals surface area contributed by atoms with Gasteiger partial charge in [0.15, 0.2) is 0 Å². The molecule has 8 nitrogen and oxygen atoms in total. The Morgan fingerprint density at radius 3 is 2.32 bits per heavy atom. The van der Waals surface area contributed by atoms with E-state index < -0.39 is 36.7 Å². The van der Waals surface area contributed by atoms with Crippen molar-refractivity contribution in [2.75, 3.05) is 13.2 Å². The zero-order valence-electron chi connectivity index (χ0n) is 17.3. The topological polar surface area (TPSA) is 126 Å². The summed E-state index contributed by atoms with van der Waals surface area (Å²) in [6.45, 7) is 1.04. The molecular weight excluding hydrogens is 404 g/mol. The van der Waals surface area contributed by atoms with Crippen LogP contribution in [0.2, 0.25) is 0 Å². The van der Waals surface area contributed by atoms with E-state index in [1.807, 2.05) is 36.4 Å². The normalized spacial score (nSPS) is 25.8. The number of esters is 1. The van der Waals surface area contributed by atoms with Crippen molar-refractivity contribution in [2.24, 2.45) is 0 Å². The highest BCUT2D eigenvalue weighted by atomic mass is 16.7. The first-order valence-corrected chi connectivity index (χ1v) is 10.1. The van der Waals surface area contributed by atoms with Crippen molar-refractivity contribution in [3.05, 3.63) is 65.2 Å². The average molecular weight is 432 g/mol. The number of carbonyl (C=O) groups excluding carboxylic acids is 1. The van der Waals surface area contributed by atoms with Crippen LogP contribution >= 0.6 is 0 Å². The lowest BCUT2D eigenvalue weighted by atomic mass is 9.99. The van der Waals surface area contributed by atoms with Gasteiger partial charge < -0.3 is 34.6 Å². The molecule has 1 aliphatic rings. The summed E-state index contributed by atoms with van der Waals surface area (Å²) in [5.74, 6) is -0.0926. The molecule has 2 aromatic carbocycles. The second-order valence-electron chi connectivity index (χ2n) is 7.51. The first kappa shape index (κ1) is 23.2. The standard InChI is InChI=1S/C23H28O8/c1-14(25)29-13-19-20(26)21(27)22(28)23(31-19)30-18-5-3-2-4-17(18)12-16-8-6-15(7-9-16)10-11-24/h2-9,19-24,26-28H,10-13H2,1H3/t19-,20-,21+,22-,23+/m1/s1. The lowest BCUT2D eigenvalue weighted by Crippen LogP contribution is -2.60. The molecule has 0 amide bonds. The van der Waals surface area contributed by atoms with Crippen LogP contribution in [0.4, 0.5) is 0 Å². The summed E-state index contributed by atoms with van der Waals surface area (Å²) in [6.07, 6.45) is -5.59. The zero-order chi connectivity index (χ0) is 22.4. The van der Waals surface area contributed by atoms with E-state index in [0.29, 0.717) is 18.6 Å². The Balaban J connectivity index is 1.73. The molecule has 0 aromatic heterocycles. The Morgan fingerprint density at radius 1 is 0.968 bits per heavy atom. The maximum absolute atomic E-state index is 11.1. The molecule has 4 N–H and O–H groups in total. The third kappa shape index (κ3) is 6.03. The summed E-state index contributed by atoms with van der Waals surface area (Å²) in [7, 11) is 0. The molecule has 1 aliphatic heterocycles. The van der Waals surface area contributed by atoms with Crippen LogP contribution in [0.5, 0.6) is 5.75 Å². The molecule has 0 unspecified atom stereocenters. The van der Waals surface area contributed by atoms with Gasteiger partial charge in [-0.2, -0.15) is 0 Å². The van der Waals surface area contributed by atoms with Crippen molar-refractivity contribution < 1.29 is 39.4 Å². The number of rotatable bonds is 8.